The van der Waals surface area contributed by atoms with Gasteiger partial charge in [-0.1, -0.05) is 13.8 Å². The first kappa shape index (κ1) is 16.6. The summed E-state index contributed by atoms with van der Waals surface area (Å²) in [7, 11) is 1.97. The normalized spacial score (nSPS) is 24.4. The number of carbonyl (C=O) groups excluding carboxylic acids is 1. The van der Waals surface area contributed by atoms with Gasteiger partial charge in [-0.15, -0.1) is 0 Å². The third kappa shape index (κ3) is 4.33. The molecule has 0 spiro atoms. The van der Waals surface area contributed by atoms with E-state index < -0.39 is 0 Å². The second-order valence-corrected chi connectivity index (χ2v) is 7.27. The molecule has 1 aromatic rings. The van der Waals surface area contributed by atoms with Crippen molar-refractivity contribution in [2.24, 2.45) is 11.8 Å². The highest BCUT2D eigenvalue weighted by atomic mass is 79.9. The van der Waals surface area contributed by atoms with E-state index in [0.717, 1.165) is 23.5 Å². The Hall–Kier alpha value is -0.810. The zero-order valence-corrected chi connectivity index (χ0v) is 14.9. The fourth-order valence-electron chi connectivity index (χ4n) is 3.12. The minimum absolute atomic E-state index is 0.133. The highest BCUT2D eigenvalue weighted by Gasteiger charge is 2.30. The monoisotopic (exact) mass is 356 g/mol. The van der Waals surface area contributed by atoms with E-state index in [1.54, 1.807) is 0 Å². The summed E-state index contributed by atoms with van der Waals surface area (Å²) in [4.78, 5) is 16.7. The number of furan rings is 1. The second kappa shape index (κ2) is 6.97. The Morgan fingerprint density at radius 2 is 2.05 bits per heavy atom. The number of rotatable bonds is 4. The van der Waals surface area contributed by atoms with Crippen LogP contribution >= 0.6 is 15.9 Å². The summed E-state index contributed by atoms with van der Waals surface area (Å²) in [6.07, 6.45) is 1.22. The number of hydrogen-bond donors (Lipinski definition) is 0. The van der Waals surface area contributed by atoms with Gasteiger partial charge in [-0.05, 0) is 60.3 Å². The van der Waals surface area contributed by atoms with Crippen molar-refractivity contribution in [3.63, 3.8) is 0 Å². The van der Waals surface area contributed by atoms with Crippen molar-refractivity contribution in [3.8, 4) is 0 Å². The third-order valence-corrected chi connectivity index (χ3v) is 4.66. The van der Waals surface area contributed by atoms with E-state index >= 15 is 0 Å². The molecule has 0 radical (unpaired) electrons. The molecule has 1 aromatic heterocycles. The van der Waals surface area contributed by atoms with Gasteiger partial charge in [0, 0.05) is 13.1 Å². The molecule has 0 saturated carbocycles. The molecule has 3 unspecified atom stereocenters. The van der Waals surface area contributed by atoms with Gasteiger partial charge in [0.15, 0.2) is 4.67 Å². The summed E-state index contributed by atoms with van der Waals surface area (Å²) in [5.74, 6) is 2.28. The van der Waals surface area contributed by atoms with Crippen LogP contribution in [0.15, 0.2) is 21.2 Å². The number of halogens is 1. The molecule has 21 heavy (non-hydrogen) atoms. The Morgan fingerprint density at radius 3 is 2.57 bits per heavy atom. The molecule has 0 aromatic carbocycles. The van der Waals surface area contributed by atoms with Gasteiger partial charge in [0.1, 0.15) is 5.76 Å². The first-order chi connectivity index (χ1) is 9.86. The number of piperidine rings is 1. The number of amides is 1. The Balaban J connectivity index is 1.94. The van der Waals surface area contributed by atoms with Crippen LogP contribution in [0.25, 0.3) is 0 Å². The Labute approximate surface area is 135 Å². The number of nitrogens with zero attached hydrogens (tertiary/aromatic N) is 2. The third-order valence-electron chi connectivity index (χ3n) is 4.23. The molecule has 4 nitrogen and oxygen atoms in total. The molecule has 5 heteroatoms. The predicted octanol–water partition coefficient (Wildman–Crippen LogP) is 3.37. The molecule has 1 saturated heterocycles. The zero-order chi connectivity index (χ0) is 15.6. The molecular weight excluding hydrogens is 332 g/mol. The van der Waals surface area contributed by atoms with Gasteiger partial charge in [0.25, 0.3) is 0 Å². The van der Waals surface area contributed by atoms with Gasteiger partial charge < -0.3 is 9.32 Å². The van der Waals surface area contributed by atoms with Crippen molar-refractivity contribution in [3.05, 3.63) is 22.6 Å². The molecule has 118 valence electrons. The molecule has 3 atom stereocenters. The molecule has 2 rings (SSSR count). The van der Waals surface area contributed by atoms with Gasteiger partial charge in [-0.2, -0.15) is 0 Å². The van der Waals surface area contributed by atoms with Gasteiger partial charge in [-0.25, -0.2) is 0 Å². The van der Waals surface area contributed by atoms with E-state index in [9.17, 15) is 4.79 Å². The van der Waals surface area contributed by atoms with Crippen molar-refractivity contribution in [1.82, 2.24) is 9.80 Å². The maximum Gasteiger partial charge on any atom is 0.239 e. The fraction of sp³-hybridized carbons (Fsp3) is 0.688. The fourth-order valence-corrected chi connectivity index (χ4v) is 3.46. The van der Waals surface area contributed by atoms with Crippen LogP contribution < -0.4 is 0 Å². The van der Waals surface area contributed by atoms with E-state index in [2.05, 4.69) is 29.8 Å². The van der Waals surface area contributed by atoms with Crippen molar-refractivity contribution < 1.29 is 9.21 Å². The van der Waals surface area contributed by atoms with Crippen molar-refractivity contribution in [2.45, 2.75) is 39.8 Å². The molecular formula is C16H25BrN2O2. The van der Waals surface area contributed by atoms with Crippen LogP contribution in [0.5, 0.6) is 0 Å². The number of hydrogen-bond acceptors (Lipinski definition) is 3. The lowest BCUT2D eigenvalue weighted by Crippen LogP contribution is -2.50. The van der Waals surface area contributed by atoms with E-state index in [1.165, 1.54) is 6.42 Å². The summed E-state index contributed by atoms with van der Waals surface area (Å²) in [5.41, 5.74) is 0. The van der Waals surface area contributed by atoms with Crippen LogP contribution in [-0.4, -0.2) is 41.9 Å². The second-order valence-electron chi connectivity index (χ2n) is 6.49. The summed E-state index contributed by atoms with van der Waals surface area (Å²) in [6, 6.07) is 3.68. The minimum atomic E-state index is -0.133. The lowest BCUT2D eigenvalue weighted by Gasteiger charge is -2.38. The first-order valence-corrected chi connectivity index (χ1v) is 8.39. The van der Waals surface area contributed by atoms with Crippen LogP contribution in [0.2, 0.25) is 0 Å². The minimum Gasteiger partial charge on any atom is -0.453 e. The van der Waals surface area contributed by atoms with E-state index in [4.69, 9.17) is 4.42 Å². The van der Waals surface area contributed by atoms with Crippen molar-refractivity contribution in [2.75, 3.05) is 20.1 Å². The highest BCUT2D eigenvalue weighted by Crippen LogP contribution is 2.22. The Morgan fingerprint density at radius 1 is 1.43 bits per heavy atom. The molecule has 0 aliphatic carbocycles. The van der Waals surface area contributed by atoms with Crippen molar-refractivity contribution in [1.29, 1.82) is 0 Å². The molecule has 1 amide bonds. The average Bonchev–Trinajstić information content (AvgIpc) is 2.81. The first-order valence-electron chi connectivity index (χ1n) is 7.60. The summed E-state index contributed by atoms with van der Waals surface area (Å²) >= 11 is 3.30. The van der Waals surface area contributed by atoms with Crippen LogP contribution in [-0.2, 0) is 11.3 Å². The smallest absolute Gasteiger partial charge is 0.239 e. The lowest BCUT2D eigenvalue weighted by molar-refractivity contribution is -0.138. The van der Waals surface area contributed by atoms with Gasteiger partial charge >= 0.3 is 0 Å². The van der Waals surface area contributed by atoms with E-state index in [0.29, 0.717) is 18.4 Å². The molecule has 0 bridgehead atoms. The summed E-state index contributed by atoms with van der Waals surface area (Å²) < 4.78 is 6.24. The van der Waals surface area contributed by atoms with E-state index in [-0.39, 0.29) is 11.9 Å². The SMILES string of the molecule is CC1CC(C)CN(C(=O)C(C)N(C)Cc2ccc(Br)o2)C1. The molecule has 1 aliphatic heterocycles. The largest absolute Gasteiger partial charge is 0.453 e. The Kier molecular flexibility index (Phi) is 5.49. The standard InChI is InChI=1S/C16H25BrN2O2/c1-11-7-12(2)9-19(8-11)16(20)13(3)18(4)10-14-5-6-15(17)21-14/h5-6,11-13H,7-10H2,1-4H3. The average molecular weight is 357 g/mol. The molecule has 2 heterocycles. The van der Waals surface area contributed by atoms with Crippen LogP contribution in [0.4, 0.5) is 0 Å². The van der Waals surface area contributed by atoms with Gasteiger partial charge in [-0.3, -0.25) is 9.69 Å². The Bertz CT molecular complexity index is 478. The number of likely N-dealkylation sites (N-methyl/N-ethyl adjacent to an activating group) is 1. The highest BCUT2D eigenvalue weighted by molar-refractivity contribution is 9.10. The molecule has 1 fully saturated rings. The van der Waals surface area contributed by atoms with Gasteiger partial charge in [0.2, 0.25) is 5.91 Å². The number of carbonyl (C=O) groups is 1. The lowest BCUT2D eigenvalue weighted by atomic mass is 9.91. The van der Waals surface area contributed by atoms with Crippen molar-refractivity contribution >= 4 is 21.8 Å². The summed E-state index contributed by atoms with van der Waals surface area (Å²) in [6.45, 7) is 8.83. The zero-order valence-electron chi connectivity index (χ0n) is 13.3. The van der Waals surface area contributed by atoms with Crippen LogP contribution in [0, 0.1) is 11.8 Å². The van der Waals surface area contributed by atoms with Crippen LogP contribution in [0.3, 0.4) is 0 Å². The molecule has 0 N–H and O–H groups in total. The predicted molar refractivity (Wildman–Crippen MR) is 86.9 cm³/mol. The quantitative estimate of drug-likeness (QED) is 0.829. The number of likely N-dealkylation sites (tertiary alicyclic amines) is 1. The maximum atomic E-state index is 12.7. The van der Waals surface area contributed by atoms with Crippen LogP contribution in [0.1, 0.15) is 33.0 Å². The maximum absolute atomic E-state index is 12.7. The summed E-state index contributed by atoms with van der Waals surface area (Å²) in [5, 5.41) is 0. The van der Waals surface area contributed by atoms with E-state index in [1.807, 2.05) is 35.9 Å². The van der Waals surface area contributed by atoms with Gasteiger partial charge in [0.05, 0.1) is 12.6 Å². The molecule has 1 aliphatic rings. The topological polar surface area (TPSA) is 36.7 Å².